The third-order valence-corrected chi connectivity index (χ3v) is 5.35. The Morgan fingerprint density at radius 1 is 0.929 bits per heavy atom. The van der Waals surface area contributed by atoms with Gasteiger partial charge >= 0.3 is 0 Å². The normalized spacial score (nSPS) is 19.4. The fourth-order valence-electron chi connectivity index (χ4n) is 3.62. The van der Waals surface area contributed by atoms with Crippen molar-refractivity contribution in [3.63, 3.8) is 0 Å². The Hall–Kier alpha value is -1.43. The molecule has 0 aromatic heterocycles. The molecule has 6 heteroatoms. The Morgan fingerprint density at radius 2 is 1.57 bits per heavy atom. The Labute approximate surface area is 170 Å². The lowest BCUT2D eigenvalue weighted by atomic mass is 9.78. The molecule has 28 heavy (non-hydrogen) atoms. The van der Waals surface area contributed by atoms with E-state index in [4.69, 9.17) is 4.74 Å². The molecule has 6 nitrogen and oxygen atoms in total. The van der Waals surface area contributed by atoms with Crippen LogP contribution in [0.5, 0.6) is 0 Å². The Bertz CT molecular complexity index is 471. The van der Waals surface area contributed by atoms with Gasteiger partial charge in [-0.1, -0.05) is 20.8 Å². The first-order valence-electron chi connectivity index (χ1n) is 11.1. The zero-order valence-corrected chi connectivity index (χ0v) is 18.1. The van der Waals surface area contributed by atoms with E-state index in [1.54, 1.807) is 0 Å². The lowest BCUT2D eigenvalue weighted by molar-refractivity contribution is -0.127. The summed E-state index contributed by atoms with van der Waals surface area (Å²) in [5.74, 6) is 1.20. The number of amides is 2. The number of hydrogen-bond acceptors (Lipinski definition) is 4. The minimum Gasteiger partial charge on any atom is -0.381 e. The zero-order valence-electron chi connectivity index (χ0n) is 18.1. The predicted octanol–water partition coefficient (Wildman–Crippen LogP) is 3.24. The monoisotopic (exact) mass is 396 g/mol. The van der Waals surface area contributed by atoms with Gasteiger partial charge in [-0.25, -0.2) is 0 Å². The summed E-state index contributed by atoms with van der Waals surface area (Å²) in [6, 6.07) is 0. The van der Waals surface area contributed by atoms with Crippen LogP contribution in [0.25, 0.3) is 0 Å². The zero-order chi connectivity index (χ0) is 20.8. The SMILES string of the molecule is CCCOCCCNC(=O)CCCC(=O)NCC1CCC(C(=O)C(C)C)CC1. The topological polar surface area (TPSA) is 84.5 Å². The van der Waals surface area contributed by atoms with Crippen LogP contribution in [0.2, 0.25) is 0 Å². The Morgan fingerprint density at radius 3 is 2.18 bits per heavy atom. The van der Waals surface area contributed by atoms with Gasteiger partial charge in [0.2, 0.25) is 11.8 Å². The highest BCUT2D eigenvalue weighted by Gasteiger charge is 2.27. The molecule has 1 fully saturated rings. The molecule has 1 saturated carbocycles. The summed E-state index contributed by atoms with van der Waals surface area (Å²) in [4.78, 5) is 35.8. The highest BCUT2D eigenvalue weighted by atomic mass is 16.5. The first kappa shape index (κ1) is 24.6. The third kappa shape index (κ3) is 10.8. The van der Waals surface area contributed by atoms with Crippen molar-refractivity contribution in [2.45, 2.75) is 78.6 Å². The van der Waals surface area contributed by atoms with E-state index < -0.39 is 0 Å². The fourth-order valence-corrected chi connectivity index (χ4v) is 3.62. The minimum atomic E-state index is -0.00330. The molecule has 0 aliphatic heterocycles. The summed E-state index contributed by atoms with van der Waals surface area (Å²) in [6.07, 6.45) is 7.06. The lowest BCUT2D eigenvalue weighted by Gasteiger charge is -2.28. The molecule has 1 rings (SSSR count). The molecule has 2 N–H and O–H groups in total. The molecule has 0 unspecified atom stereocenters. The molecule has 0 heterocycles. The van der Waals surface area contributed by atoms with E-state index in [-0.39, 0.29) is 23.7 Å². The van der Waals surface area contributed by atoms with Crippen LogP contribution in [0.1, 0.15) is 78.6 Å². The summed E-state index contributed by atoms with van der Waals surface area (Å²) in [5.41, 5.74) is 0. The van der Waals surface area contributed by atoms with Crippen LogP contribution in [0.3, 0.4) is 0 Å². The quantitative estimate of drug-likeness (QED) is 0.442. The van der Waals surface area contributed by atoms with Gasteiger partial charge in [0, 0.05) is 51.0 Å². The first-order chi connectivity index (χ1) is 13.4. The van der Waals surface area contributed by atoms with Crippen molar-refractivity contribution in [1.82, 2.24) is 10.6 Å². The molecule has 162 valence electrons. The largest absolute Gasteiger partial charge is 0.381 e. The van der Waals surface area contributed by atoms with Crippen molar-refractivity contribution in [2.24, 2.45) is 17.8 Å². The van der Waals surface area contributed by atoms with E-state index in [1.807, 2.05) is 13.8 Å². The van der Waals surface area contributed by atoms with E-state index in [9.17, 15) is 14.4 Å². The summed E-state index contributed by atoms with van der Waals surface area (Å²) in [5, 5.41) is 5.85. The number of nitrogens with one attached hydrogen (secondary N) is 2. The van der Waals surface area contributed by atoms with Crippen molar-refractivity contribution in [2.75, 3.05) is 26.3 Å². The van der Waals surface area contributed by atoms with Gasteiger partial charge in [-0.3, -0.25) is 14.4 Å². The molecule has 0 radical (unpaired) electrons. The summed E-state index contributed by atoms with van der Waals surface area (Å²) >= 11 is 0. The fraction of sp³-hybridized carbons (Fsp3) is 0.864. The van der Waals surface area contributed by atoms with E-state index in [0.29, 0.717) is 50.7 Å². The average Bonchev–Trinajstić information content (AvgIpc) is 2.68. The molecule has 0 aromatic carbocycles. The number of carbonyl (C=O) groups is 3. The maximum absolute atomic E-state index is 12.1. The third-order valence-electron chi connectivity index (χ3n) is 5.35. The van der Waals surface area contributed by atoms with Crippen LogP contribution in [0.4, 0.5) is 0 Å². The van der Waals surface area contributed by atoms with Crippen LogP contribution in [-0.2, 0) is 19.1 Å². The summed E-state index contributed by atoms with van der Waals surface area (Å²) in [7, 11) is 0. The Kier molecular flexibility index (Phi) is 12.8. The molecule has 0 saturated heterocycles. The first-order valence-corrected chi connectivity index (χ1v) is 11.1. The van der Waals surface area contributed by atoms with Crippen LogP contribution in [0.15, 0.2) is 0 Å². The Balaban J connectivity index is 2.02. The van der Waals surface area contributed by atoms with Crippen LogP contribution in [-0.4, -0.2) is 43.9 Å². The smallest absolute Gasteiger partial charge is 0.220 e. The van der Waals surface area contributed by atoms with Gasteiger partial charge in [0.15, 0.2) is 0 Å². The number of ether oxygens (including phenoxy) is 1. The lowest BCUT2D eigenvalue weighted by Crippen LogP contribution is -2.33. The van der Waals surface area contributed by atoms with Crippen LogP contribution >= 0.6 is 0 Å². The maximum atomic E-state index is 12.1. The van der Waals surface area contributed by atoms with Crippen molar-refractivity contribution in [3.05, 3.63) is 0 Å². The number of carbonyl (C=O) groups excluding carboxylic acids is 3. The average molecular weight is 397 g/mol. The van der Waals surface area contributed by atoms with E-state index in [2.05, 4.69) is 17.6 Å². The van der Waals surface area contributed by atoms with E-state index >= 15 is 0 Å². The molecule has 0 spiro atoms. The van der Waals surface area contributed by atoms with Gasteiger partial charge in [0.05, 0.1) is 0 Å². The second-order valence-electron chi connectivity index (χ2n) is 8.25. The van der Waals surface area contributed by atoms with Gasteiger partial charge in [-0.2, -0.15) is 0 Å². The van der Waals surface area contributed by atoms with E-state index in [1.165, 1.54) is 0 Å². The number of hydrogen-bond donors (Lipinski definition) is 2. The van der Waals surface area contributed by atoms with Crippen LogP contribution in [0, 0.1) is 17.8 Å². The molecule has 1 aliphatic rings. The molecule has 0 aromatic rings. The molecular formula is C22H40N2O4. The van der Waals surface area contributed by atoms with Crippen LogP contribution < -0.4 is 10.6 Å². The highest BCUT2D eigenvalue weighted by molar-refractivity contribution is 5.82. The molecule has 1 aliphatic carbocycles. The summed E-state index contributed by atoms with van der Waals surface area (Å²) in [6.45, 7) is 8.75. The van der Waals surface area contributed by atoms with Gasteiger partial charge in [0.1, 0.15) is 5.78 Å². The molecule has 2 amide bonds. The van der Waals surface area contributed by atoms with Gasteiger partial charge in [-0.15, -0.1) is 0 Å². The van der Waals surface area contributed by atoms with Crippen molar-refractivity contribution >= 4 is 17.6 Å². The number of Topliss-reactive ketones (excluding diaryl/α,β-unsaturated/α-hetero) is 1. The van der Waals surface area contributed by atoms with Gasteiger partial charge in [0.25, 0.3) is 0 Å². The second-order valence-corrected chi connectivity index (χ2v) is 8.25. The maximum Gasteiger partial charge on any atom is 0.220 e. The molecule has 0 atom stereocenters. The predicted molar refractivity (Wildman–Crippen MR) is 111 cm³/mol. The van der Waals surface area contributed by atoms with Crippen molar-refractivity contribution in [1.29, 1.82) is 0 Å². The minimum absolute atomic E-state index is 0.00330. The van der Waals surface area contributed by atoms with Crippen molar-refractivity contribution in [3.8, 4) is 0 Å². The second kappa shape index (κ2) is 14.6. The number of ketones is 1. The van der Waals surface area contributed by atoms with Gasteiger partial charge in [-0.05, 0) is 50.9 Å². The van der Waals surface area contributed by atoms with Gasteiger partial charge < -0.3 is 15.4 Å². The van der Waals surface area contributed by atoms with Crippen molar-refractivity contribution < 1.29 is 19.1 Å². The number of rotatable bonds is 14. The molecular weight excluding hydrogens is 356 g/mol. The van der Waals surface area contributed by atoms with E-state index in [0.717, 1.165) is 45.1 Å². The molecule has 0 bridgehead atoms. The highest BCUT2D eigenvalue weighted by Crippen LogP contribution is 2.30. The summed E-state index contributed by atoms with van der Waals surface area (Å²) < 4.78 is 5.36. The standard InChI is InChI=1S/C22H40N2O4/c1-4-14-28-15-6-13-23-20(25)7-5-8-21(26)24-16-18-9-11-19(12-10-18)22(27)17(2)3/h17-19H,4-16H2,1-3H3,(H,23,25)(H,24,26).